The fraction of sp³-hybridized carbons (Fsp3) is 0.444. The highest BCUT2D eigenvalue weighted by atomic mass is 16.5. The molecule has 2 fully saturated rings. The molecule has 184 valence electrons. The first-order valence-corrected chi connectivity index (χ1v) is 12.3. The van der Waals surface area contributed by atoms with Crippen LogP contribution in [0, 0.1) is 5.92 Å². The predicted molar refractivity (Wildman–Crippen MR) is 133 cm³/mol. The molecular weight excluding hydrogens is 446 g/mol. The maximum atomic E-state index is 13.4. The normalized spacial score (nSPS) is 21.5. The van der Waals surface area contributed by atoms with Crippen molar-refractivity contribution in [1.82, 2.24) is 0 Å². The van der Waals surface area contributed by atoms with Gasteiger partial charge in [0.25, 0.3) is 11.8 Å². The van der Waals surface area contributed by atoms with Crippen molar-refractivity contribution in [3.63, 3.8) is 0 Å². The molecule has 5 rings (SSSR count). The monoisotopic (exact) mass is 477 g/mol. The minimum Gasteiger partial charge on any atom is -0.370 e. The summed E-state index contributed by atoms with van der Waals surface area (Å²) in [6.45, 7) is 3.44. The molecule has 2 aliphatic heterocycles. The van der Waals surface area contributed by atoms with E-state index < -0.39 is 12.0 Å². The van der Waals surface area contributed by atoms with Gasteiger partial charge in [-0.05, 0) is 67.1 Å². The lowest BCUT2D eigenvalue weighted by Crippen LogP contribution is -2.52. The lowest BCUT2D eigenvalue weighted by molar-refractivity contribution is -0.143. The minimum absolute atomic E-state index is 0.0552. The van der Waals surface area contributed by atoms with Crippen molar-refractivity contribution in [2.45, 2.75) is 38.7 Å². The van der Waals surface area contributed by atoms with Crippen molar-refractivity contribution in [3.8, 4) is 0 Å². The zero-order valence-corrected chi connectivity index (χ0v) is 20.0. The number of morpholine rings is 2. The smallest absolute Gasteiger partial charge is 0.257 e. The first kappa shape index (κ1) is 23.5. The molecule has 2 unspecified atom stereocenters. The number of amides is 3. The molecule has 2 atom stereocenters. The zero-order chi connectivity index (χ0) is 24.4. The Hall–Kier alpha value is -3.23. The third kappa shape index (κ3) is 4.94. The van der Waals surface area contributed by atoms with Gasteiger partial charge in [0, 0.05) is 30.2 Å². The minimum atomic E-state index is -0.880. The third-order valence-electron chi connectivity index (χ3n) is 7.04. The Morgan fingerprint density at radius 1 is 0.971 bits per heavy atom. The van der Waals surface area contributed by atoms with Gasteiger partial charge < -0.3 is 24.6 Å². The zero-order valence-electron chi connectivity index (χ0n) is 20.0. The van der Waals surface area contributed by atoms with E-state index in [1.165, 1.54) is 24.0 Å². The van der Waals surface area contributed by atoms with Crippen molar-refractivity contribution < 1.29 is 23.9 Å². The summed E-state index contributed by atoms with van der Waals surface area (Å²) in [5.41, 5.74) is 4.80. The van der Waals surface area contributed by atoms with E-state index in [2.05, 4.69) is 11.4 Å². The Morgan fingerprint density at radius 3 is 2.51 bits per heavy atom. The molecule has 2 heterocycles. The fourth-order valence-corrected chi connectivity index (χ4v) is 5.05. The van der Waals surface area contributed by atoms with Crippen molar-refractivity contribution in [3.05, 3.63) is 53.6 Å². The molecule has 8 nitrogen and oxygen atoms in total. The van der Waals surface area contributed by atoms with Crippen LogP contribution in [0.3, 0.4) is 0 Å². The highest BCUT2D eigenvalue weighted by Crippen LogP contribution is 2.28. The van der Waals surface area contributed by atoms with E-state index in [1.54, 1.807) is 16.7 Å². The topological polar surface area (TPSA) is 88.2 Å². The van der Waals surface area contributed by atoms with Gasteiger partial charge in [0.1, 0.15) is 12.7 Å². The second-order valence-electron chi connectivity index (χ2n) is 9.37. The Morgan fingerprint density at radius 2 is 1.71 bits per heavy atom. The molecule has 2 saturated heterocycles. The molecule has 0 spiro atoms. The van der Waals surface area contributed by atoms with Crippen LogP contribution in [0.15, 0.2) is 42.5 Å². The molecule has 1 aliphatic carbocycles. The number of nitrogens with one attached hydrogen (secondary N) is 1. The number of carbonyl (C=O) groups excluding carboxylic acids is 3. The largest absolute Gasteiger partial charge is 0.370 e. The van der Waals surface area contributed by atoms with E-state index in [1.807, 2.05) is 36.4 Å². The summed E-state index contributed by atoms with van der Waals surface area (Å²) in [5, 5.41) is 2.98. The lowest BCUT2D eigenvalue weighted by Gasteiger charge is -2.35. The number of anilines is 3. The van der Waals surface area contributed by atoms with Gasteiger partial charge in [-0.15, -0.1) is 0 Å². The van der Waals surface area contributed by atoms with Gasteiger partial charge in [0.05, 0.1) is 19.1 Å². The molecule has 2 aromatic rings. The van der Waals surface area contributed by atoms with Gasteiger partial charge in [-0.2, -0.15) is 0 Å². The molecule has 0 aromatic heterocycles. The molecule has 35 heavy (non-hydrogen) atoms. The fourth-order valence-electron chi connectivity index (χ4n) is 5.05. The maximum absolute atomic E-state index is 13.4. The standard InChI is InChI=1S/C27H31N3O5/c1-18(26(32)28-21-10-9-19-5-2-3-6-20(19)15-21)25-27(33)30(12-14-35-25)23-8-4-7-22(16-23)29-11-13-34-17-24(29)31/h4,7-10,15-16,18,25H,2-3,5-6,11-14,17H2,1H3,(H,28,32). The van der Waals surface area contributed by atoms with Crippen LogP contribution < -0.4 is 15.1 Å². The molecular formula is C27H31N3O5. The molecule has 0 saturated carbocycles. The molecule has 3 aliphatic rings. The SMILES string of the molecule is CC(C(=O)Nc1ccc2c(c1)CCCC2)C1OCCN(c2cccc(N3CCOCC3=O)c2)C1=O. The van der Waals surface area contributed by atoms with E-state index in [-0.39, 0.29) is 24.3 Å². The summed E-state index contributed by atoms with van der Waals surface area (Å²) in [6, 6.07) is 13.4. The van der Waals surface area contributed by atoms with Gasteiger partial charge in [-0.1, -0.05) is 19.1 Å². The van der Waals surface area contributed by atoms with E-state index in [0.717, 1.165) is 24.2 Å². The summed E-state index contributed by atoms with van der Waals surface area (Å²) in [7, 11) is 0. The molecule has 2 aromatic carbocycles. The molecule has 1 N–H and O–H groups in total. The number of rotatable bonds is 5. The number of aryl methyl sites for hydroxylation is 2. The number of nitrogens with zero attached hydrogens (tertiary/aromatic N) is 2. The third-order valence-corrected chi connectivity index (χ3v) is 7.04. The predicted octanol–water partition coefficient (Wildman–Crippen LogP) is 2.94. The Bertz CT molecular complexity index is 1130. The van der Waals surface area contributed by atoms with Crippen LogP contribution in [-0.2, 0) is 36.7 Å². The Labute approximate surface area is 205 Å². The molecule has 8 heteroatoms. The molecule has 0 bridgehead atoms. The van der Waals surface area contributed by atoms with Crippen LogP contribution >= 0.6 is 0 Å². The van der Waals surface area contributed by atoms with Crippen LogP contribution in [0.5, 0.6) is 0 Å². The van der Waals surface area contributed by atoms with Crippen molar-refractivity contribution in [2.24, 2.45) is 5.92 Å². The van der Waals surface area contributed by atoms with Crippen molar-refractivity contribution >= 4 is 34.8 Å². The van der Waals surface area contributed by atoms with Gasteiger partial charge in [-0.25, -0.2) is 0 Å². The van der Waals surface area contributed by atoms with Crippen LogP contribution in [0.25, 0.3) is 0 Å². The second-order valence-corrected chi connectivity index (χ2v) is 9.37. The first-order chi connectivity index (χ1) is 17.0. The average molecular weight is 478 g/mol. The van der Waals surface area contributed by atoms with Crippen LogP contribution in [0.1, 0.15) is 30.9 Å². The summed E-state index contributed by atoms with van der Waals surface area (Å²) in [6.07, 6.45) is 3.61. The Kier molecular flexibility index (Phi) is 6.83. The molecule has 3 amide bonds. The highest BCUT2D eigenvalue weighted by molar-refractivity contribution is 6.03. The number of ether oxygens (including phenoxy) is 2. The van der Waals surface area contributed by atoms with Gasteiger partial charge in [0.2, 0.25) is 5.91 Å². The van der Waals surface area contributed by atoms with Crippen LogP contribution in [0.4, 0.5) is 17.1 Å². The van der Waals surface area contributed by atoms with E-state index in [4.69, 9.17) is 9.47 Å². The van der Waals surface area contributed by atoms with Gasteiger partial charge in [0.15, 0.2) is 0 Å². The van der Waals surface area contributed by atoms with Crippen molar-refractivity contribution in [2.75, 3.05) is 48.0 Å². The van der Waals surface area contributed by atoms with E-state index in [9.17, 15) is 14.4 Å². The average Bonchev–Trinajstić information content (AvgIpc) is 2.88. The molecule has 0 radical (unpaired) electrons. The lowest BCUT2D eigenvalue weighted by atomic mass is 9.91. The number of hydrogen-bond donors (Lipinski definition) is 1. The number of benzene rings is 2. The van der Waals surface area contributed by atoms with Gasteiger partial charge in [-0.3, -0.25) is 14.4 Å². The van der Waals surface area contributed by atoms with E-state index >= 15 is 0 Å². The van der Waals surface area contributed by atoms with E-state index in [0.29, 0.717) is 32.0 Å². The maximum Gasteiger partial charge on any atom is 0.257 e. The number of fused-ring (bicyclic) bond motifs is 1. The number of hydrogen-bond acceptors (Lipinski definition) is 5. The van der Waals surface area contributed by atoms with Crippen LogP contribution in [-0.4, -0.2) is 56.7 Å². The summed E-state index contributed by atoms with van der Waals surface area (Å²) in [5.74, 6) is -1.26. The van der Waals surface area contributed by atoms with Crippen molar-refractivity contribution in [1.29, 1.82) is 0 Å². The highest BCUT2D eigenvalue weighted by Gasteiger charge is 2.38. The first-order valence-electron chi connectivity index (χ1n) is 12.3. The summed E-state index contributed by atoms with van der Waals surface area (Å²) >= 11 is 0. The summed E-state index contributed by atoms with van der Waals surface area (Å²) in [4.78, 5) is 42.0. The second kappa shape index (κ2) is 10.2. The summed E-state index contributed by atoms with van der Waals surface area (Å²) < 4.78 is 11.0. The quantitative estimate of drug-likeness (QED) is 0.716. The Balaban J connectivity index is 1.28. The van der Waals surface area contributed by atoms with Gasteiger partial charge >= 0.3 is 0 Å². The van der Waals surface area contributed by atoms with Crippen LogP contribution in [0.2, 0.25) is 0 Å². The number of carbonyl (C=O) groups is 3.